The molecule has 7 heteroatoms. The van der Waals surface area contributed by atoms with Crippen LogP contribution in [-0.2, 0) is 7.05 Å². The Morgan fingerprint density at radius 3 is 2.72 bits per heavy atom. The molecule has 0 atom stereocenters. The van der Waals surface area contributed by atoms with Crippen LogP contribution in [0.2, 0.25) is 5.15 Å². The zero-order valence-corrected chi connectivity index (χ0v) is 10.2. The fraction of sp³-hybridized carbons (Fsp3) is 0.0909. The number of nitrogens with two attached hydrogens (primary N) is 1. The van der Waals surface area contributed by atoms with Crippen LogP contribution >= 0.6 is 11.6 Å². The van der Waals surface area contributed by atoms with Crippen molar-refractivity contribution >= 4 is 28.6 Å². The standard InChI is InChI=1S/C11H10ClN5O/c1-17-8(9(12)16-10(17)13)5-2-3-6-7(4-5)15-11(18)14-6/h2-4H,1H3,(H2,13,16)(H2,14,15,18). The number of aromatic amines is 2. The summed E-state index contributed by atoms with van der Waals surface area (Å²) in [7, 11) is 1.79. The molecule has 0 unspecified atom stereocenters. The van der Waals surface area contributed by atoms with E-state index >= 15 is 0 Å². The largest absolute Gasteiger partial charge is 0.369 e. The summed E-state index contributed by atoms with van der Waals surface area (Å²) in [5.41, 5.74) is 8.48. The molecule has 4 N–H and O–H groups in total. The molecule has 0 fully saturated rings. The predicted octanol–water partition coefficient (Wildman–Crippen LogP) is 1.49. The van der Waals surface area contributed by atoms with Gasteiger partial charge in [0.25, 0.3) is 0 Å². The van der Waals surface area contributed by atoms with Gasteiger partial charge in [-0.25, -0.2) is 9.78 Å². The lowest BCUT2D eigenvalue weighted by Crippen LogP contribution is -1.99. The molecule has 2 heterocycles. The summed E-state index contributed by atoms with van der Waals surface area (Å²) in [6.07, 6.45) is 0. The van der Waals surface area contributed by atoms with E-state index in [4.69, 9.17) is 17.3 Å². The summed E-state index contributed by atoms with van der Waals surface area (Å²) in [6, 6.07) is 5.49. The molecule has 0 saturated heterocycles. The molecule has 0 aliphatic heterocycles. The molecular formula is C11H10ClN5O. The van der Waals surface area contributed by atoms with Crippen molar-refractivity contribution in [3.05, 3.63) is 33.8 Å². The Labute approximate surface area is 106 Å². The van der Waals surface area contributed by atoms with Gasteiger partial charge in [-0.3, -0.25) is 0 Å². The zero-order chi connectivity index (χ0) is 12.9. The fourth-order valence-corrected chi connectivity index (χ4v) is 2.30. The first-order chi connectivity index (χ1) is 8.56. The Hall–Kier alpha value is -2.21. The first-order valence-electron chi connectivity index (χ1n) is 5.26. The lowest BCUT2D eigenvalue weighted by Gasteiger charge is -2.04. The van der Waals surface area contributed by atoms with Gasteiger partial charge in [0.15, 0.2) is 5.15 Å². The Kier molecular flexibility index (Phi) is 2.21. The van der Waals surface area contributed by atoms with Crippen molar-refractivity contribution in [1.29, 1.82) is 0 Å². The Bertz CT molecular complexity index is 797. The van der Waals surface area contributed by atoms with Gasteiger partial charge in [0.2, 0.25) is 5.95 Å². The maximum atomic E-state index is 11.2. The molecule has 2 aromatic heterocycles. The topological polar surface area (TPSA) is 92.5 Å². The first kappa shape index (κ1) is 10.9. The van der Waals surface area contributed by atoms with Crippen molar-refractivity contribution in [3.63, 3.8) is 0 Å². The van der Waals surface area contributed by atoms with Crippen LogP contribution in [0.3, 0.4) is 0 Å². The molecule has 0 aliphatic carbocycles. The van der Waals surface area contributed by atoms with Crippen LogP contribution in [0.25, 0.3) is 22.3 Å². The van der Waals surface area contributed by atoms with Crippen molar-refractivity contribution in [2.45, 2.75) is 0 Å². The number of aromatic nitrogens is 4. The van der Waals surface area contributed by atoms with Gasteiger partial charge in [-0.05, 0) is 12.1 Å². The highest BCUT2D eigenvalue weighted by molar-refractivity contribution is 6.32. The van der Waals surface area contributed by atoms with E-state index in [0.717, 1.165) is 16.8 Å². The molecule has 3 aromatic rings. The molecule has 3 rings (SSSR count). The number of nitrogens with zero attached hydrogens (tertiary/aromatic N) is 2. The minimum Gasteiger partial charge on any atom is -0.369 e. The second-order valence-corrected chi connectivity index (χ2v) is 4.37. The summed E-state index contributed by atoms with van der Waals surface area (Å²) >= 11 is 6.05. The molecule has 0 spiro atoms. The van der Waals surface area contributed by atoms with E-state index in [1.807, 2.05) is 18.2 Å². The molecule has 0 amide bonds. The Morgan fingerprint density at radius 1 is 1.33 bits per heavy atom. The van der Waals surface area contributed by atoms with E-state index in [-0.39, 0.29) is 5.69 Å². The highest BCUT2D eigenvalue weighted by atomic mass is 35.5. The lowest BCUT2D eigenvalue weighted by molar-refractivity contribution is 0.938. The summed E-state index contributed by atoms with van der Waals surface area (Å²) in [6.45, 7) is 0. The number of benzene rings is 1. The van der Waals surface area contributed by atoms with Gasteiger partial charge in [0.05, 0.1) is 16.7 Å². The first-order valence-corrected chi connectivity index (χ1v) is 5.64. The number of nitrogens with one attached hydrogen (secondary N) is 2. The van der Waals surface area contributed by atoms with Crippen LogP contribution in [0.1, 0.15) is 0 Å². The van der Waals surface area contributed by atoms with Crippen molar-refractivity contribution in [3.8, 4) is 11.3 Å². The summed E-state index contributed by atoms with van der Waals surface area (Å²) < 4.78 is 1.70. The lowest BCUT2D eigenvalue weighted by atomic mass is 10.1. The van der Waals surface area contributed by atoms with Gasteiger partial charge < -0.3 is 20.3 Å². The predicted molar refractivity (Wildman–Crippen MR) is 70.5 cm³/mol. The maximum Gasteiger partial charge on any atom is 0.323 e. The quantitative estimate of drug-likeness (QED) is 0.621. The van der Waals surface area contributed by atoms with Gasteiger partial charge in [-0.1, -0.05) is 17.7 Å². The molecule has 1 aromatic carbocycles. The Morgan fingerprint density at radius 2 is 2.06 bits per heavy atom. The third-order valence-corrected chi connectivity index (χ3v) is 3.14. The number of hydrogen-bond donors (Lipinski definition) is 3. The van der Waals surface area contributed by atoms with Crippen molar-refractivity contribution in [1.82, 2.24) is 19.5 Å². The number of halogens is 1. The van der Waals surface area contributed by atoms with E-state index in [9.17, 15) is 4.79 Å². The van der Waals surface area contributed by atoms with Gasteiger partial charge in [0, 0.05) is 12.6 Å². The third kappa shape index (κ3) is 1.50. The van der Waals surface area contributed by atoms with Gasteiger partial charge in [-0.2, -0.15) is 0 Å². The molecular weight excluding hydrogens is 254 g/mol. The SMILES string of the molecule is Cn1c(N)nc(Cl)c1-c1ccc2[nH]c(=O)[nH]c2c1. The highest BCUT2D eigenvalue weighted by Gasteiger charge is 2.13. The van der Waals surface area contributed by atoms with E-state index in [0.29, 0.717) is 16.6 Å². The maximum absolute atomic E-state index is 11.2. The summed E-state index contributed by atoms with van der Waals surface area (Å²) in [4.78, 5) is 20.6. The van der Waals surface area contributed by atoms with Crippen LogP contribution in [-0.4, -0.2) is 19.5 Å². The normalized spacial score (nSPS) is 11.2. The van der Waals surface area contributed by atoms with Crippen LogP contribution in [0, 0.1) is 0 Å². The van der Waals surface area contributed by atoms with Crippen LogP contribution in [0.5, 0.6) is 0 Å². The zero-order valence-electron chi connectivity index (χ0n) is 9.49. The van der Waals surface area contributed by atoms with E-state index in [1.165, 1.54) is 0 Å². The fourth-order valence-electron chi connectivity index (χ4n) is 1.97. The van der Waals surface area contributed by atoms with Crippen LogP contribution in [0.15, 0.2) is 23.0 Å². The monoisotopic (exact) mass is 263 g/mol. The number of rotatable bonds is 1. The van der Waals surface area contributed by atoms with Gasteiger partial charge in [0.1, 0.15) is 0 Å². The number of nitrogen functional groups attached to an aromatic ring is 1. The molecule has 92 valence electrons. The van der Waals surface area contributed by atoms with E-state index < -0.39 is 0 Å². The number of hydrogen-bond acceptors (Lipinski definition) is 3. The van der Waals surface area contributed by atoms with Crippen molar-refractivity contribution < 1.29 is 0 Å². The average molecular weight is 264 g/mol. The second-order valence-electron chi connectivity index (χ2n) is 4.01. The third-order valence-electron chi connectivity index (χ3n) is 2.88. The van der Waals surface area contributed by atoms with Crippen molar-refractivity contribution in [2.75, 3.05) is 5.73 Å². The second kappa shape index (κ2) is 3.64. The molecule has 0 bridgehead atoms. The number of imidazole rings is 2. The number of anilines is 1. The van der Waals surface area contributed by atoms with Gasteiger partial charge >= 0.3 is 5.69 Å². The molecule has 0 radical (unpaired) electrons. The highest BCUT2D eigenvalue weighted by Crippen LogP contribution is 2.30. The number of H-pyrrole nitrogens is 2. The van der Waals surface area contributed by atoms with Gasteiger partial charge in [-0.15, -0.1) is 0 Å². The minimum atomic E-state index is -0.238. The minimum absolute atomic E-state index is 0.238. The molecule has 6 nitrogen and oxygen atoms in total. The van der Waals surface area contributed by atoms with Crippen LogP contribution < -0.4 is 11.4 Å². The van der Waals surface area contributed by atoms with Crippen molar-refractivity contribution in [2.24, 2.45) is 7.05 Å². The molecule has 18 heavy (non-hydrogen) atoms. The van der Waals surface area contributed by atoms with E-state index in [2.05, 4.69) is 15.0 Å². The Balaban J connectivity index is 2.28. The average Bonchev–Trinajstić information content (AvgIpc) is 2.78. The molecule has 0 aliphatic rings. The molecule has 0 saturated carbocycles. The summed E-state index contributed by atoms with van der Waals surface area (Å²) in [5.74, 6) is 0.345. The van der Waals surface area contributed by atoms with Crippen LogP contribution in [0.4, 0.5) is 5.95 Å². The summed E-state index contributed by atoms with van der Waals surface area (Å²) in [5, 5.41) is 0.340. The van der Waals surface area contributed by atoms with E-state index in [1.54, 1.807) is 11.6 Å². The number of fused-ring (bicyclic) bond motifs is 1. The smallest absolute Gasteiger partial charge is 0.323 e.